The molecule has 1 aromatic carbocycles. The summed E-state index contributed by atoms with van der Waals surface area (Å²) in [5.74, 6) is -0.685. The number of nitrogens with zero attached hydrogens (tertiary/aromatic N) is 1. The van der Waals surface area contributed by atoms with Gasteiger partial charge in [-0.15, -0.1) is 6.58 Å². The molecule has 2 unspecified atom stereocenters. The van der Waals surface area contributed by atoms with Crippen LogP contribution in [-0.4, -0.2) is 49.4 Å². The average molecular weight is 452 g/mol. The quantitative estimate of drug-likeness (QED) is 0.522. The molecule has 2 aliphatic carbocycles. The third kappa shape index (κ3) is 3.20. The number of fused-ring (bicyclic) bond motifs is 3. The molecule has 0 bridgehead atoms. The number of halogens is 3. The molecule has 1 saturated heterocycles. The van der Waals surface area contributed by atoms with Crippen LogP contribution in [0.4, 0.5) is 18.0 Å². The average Bonchev–Trinajstić information content (AvgIpc) is 3.15. The largest absolute Gasteiger partial charge is 0.430 e. The summed E-state index contributed by atoms with van der Waals surface area (Å²) in [6, 6.07) is 3.78. The van der Waals surface area contributed by atoms with Crippen molar-refractivity contribution in [3.63, 3.8) is 0 Å². The number of hydrogen-bond donors (Lipinski definition) is 1. The van der Waals surface area contributed by atoms with Crippen LogP contribution in [0.1, 0.15) is 43.2 Å². The highest BCUT2D eigenvalue weighted by molar-refractivity contribution is 6.08. The van der Waals surface area contributed by atoms with Gasteiger partial charge in [0.05, 0.1) is 6.10 Å². The van der Waals surface area contributed by atoms with Crippen LogP contribution in [0.15, 0.2) is 30.9 Å². The molecule has 9 heteroatoms. The summed E-state index contributed by atoms with van der Waals surface area (Å²) in [6.45, 7) is 3.28. The second kappa shape index (κ2) is 7.79. The molecule has 1 heterocycles. The molecule has 2 atom stereocenters. The Morgan fingerprint density at radius 2 is 2.03 bits per heavy atom. The lowest BCUT2D eigenvalue weighted by Crippen LogP contribution is -2.56. The molecule has 32 heavy (non-hydrogen) atoms. The van der Waals surface area contributed by atoms with E-state index in [0.29, 0.717) is 37.7 Å². The first-order valence-corrected chi connectivity index (χ1v) is 10.7. The number of urea groups is 1. The van der Waals surface area contributed by atoms with Crippen molar-refractivity contribution in [2.45, 2.75) is 62.4 Å². The summed E-state index contributed by atoms with van der Waals surface area (Å²) < 4.78 is 52.6. The minimum atomic E-state index is -4.07. The van der Waals surface area contributed by atoms with E-state index in [2.05, 4.69) is 11.9 Å². The monoisotopic (exact) mass is 452 g/mol. The molecule has 0 aromatic heterocycles. The first-order chi connectivity index (χ1) is 15.1. The number of hydrogen-bond acceptors (Lipinski definition) is 4. The number of benzene rings is 1. The molecule has 174 valence electrons. The maximum Gasteiger partial charge on any atom is 0.430 e. The van der Waals surface area contributed by atoms with Gasteiger partial charge < -0.3 is 14.8 Å². The SMILES string of the molecule is C=CCC(F)C(F)(F)Oc1ccc2c(c1)C1(NC(=O)N(C)C1=O)C1(CCC(OC)CC1)C2. The molecule has 3 amide bonds. The Morgan fingerprint density at radius 3 is 2.59 bits per heavy atom. The number of likely N-dealkylation sites (N-methyl/N-ethyl adjacent to an activating group) is 1. The predicted octanol–water partition coefficient (Wildman–Crippen LogP) is 4.08. The fourth-order valence-electron chi connectivity index (χ4n) is 5.52. The number of nitrogens with one attached hydrogen (secondary N) is 1. The second-order valence-corrected chi connectivity index (χ2v) is 8.91. The van der Waals surface area contributed by atoms with E-state index in [9.17, 15) is 22.8 Å². The lowest BCUT2D eigenvalue weighted by atomic mass is 9.61. The molecule has 1 aromatic rings. The number of amides is 3. The minimum absolute atomic E-state index is 0.0651. The third-order valence-corrected chi connectivity index (χ3v) is 7.25. The van der Waals surface area contributed by atoms with Crippen molar-refractivity contribution in [1.82, 2.24) is 10.2 Å². The summed E-state index contributed by atoms with van der Waals surface area (Å²) in [5.41, 5.74) is -0.765. The Morgan fingerprint density at radius 1 is 1.34 bits per heavy atom. The van der Waals surface area contributed by atoms with Crippen molar-refractivity contribution >= 4 is 11.9 Å². The van der Waals surface area contributed by atoms with Crippen LogP contribution in [0.5, 0.6) is 5.75 Å². The molecule has 6 nitrogen and oxygen atoms in total. The van der Waals surface area contributed by atoms with Crippen LogP contribution in [0.3, 0.4) is 0 Å². The number of alkyl halides is 3. The lowest BCUT2D eigenvalue weighted by molar-refractivity contribution is -0.218. The normalized spacial score (nSPS) is 30.5. The van der Waals surface area contributed by atoms with Gasteiger partial charge in [0.25, 0.3) is 5.91 Å². The van der Waals surface area contributed by atoms with Crippen molar-refractivity contribution in [2.24, 2.45) is 5.41 Å². The highest BCUT2D eigenvalue weighted by Crippen LogP contribution is 2.60. The van der Waals surface area contributed by atoms with Gasteiger partial charge >= 0.3 is 12.1 Å². The van der Waals surface area contributed by atoms with E-state index >= 15 is 0 Å². The Labute approximate surface area is 184 Å². The van der Waals surface area contributed by atoms with E-state index in [1.54, 1.807) is 13.2 Å². The highest BCUT2D eigenvalue weighted by atomic mass is 19.3. The first-order valence-electron chi connectivity index (χ1n) is 10.7. The lowest BCUT2D eigenvalue weighted by Gasteiger charge is -2.46. The molecular formula is C23H27F3N2O4. The van der Waals surface area contributed by atoms with Crippen LogP contribution in [0.25, 0.3) is 0 Å². The van der Waals surface area contributed by atoms with E-state index in [4.69, 9.17) is 9.47 Å². The van der Waals surface area contributed by atoms with Crippen molar-refractivity contribution < 1.29 is 32.2 Å². The number of methoxy groups -OCH3 is 1. The first kappa shape index (κ1) is 22.6. The van der Waals surface area contributed by atoms with Gasteiger partial charge in [-0.25, -0.2) is 9.18 Å². The van der Waals surface area contributed by atoms with Gasteiger partial charge in [-0.2, -0.15) is 8.78 Å². The molecule has 4 rings (SSSR count). The maximum absolute atomic E-state index is 14.2. The summed E-state index contributed by atoms with van der Waals surface area (Å²) in [5, 5.41) is 2.88. The van der Waals surface area contributed by atoms with E-state index in [-0.39, 0.29) is 11.9 Å². The van der Waals surface area contributed by atoms with E-state index in [1.807, 2.05) is 0 Å². The predicted molar refractivity (Wildman–Crippen MR) is 110 cm³/mol. The van der Waals surface area contributed by atoms with Crippen LogP contribution < -0.4 is 10.1 Å². The van der Waals surface area contributed by atoms with Gasteiger partial charge in [0.15, 0.2) is 5.54 Å². The van der Waals surface area contributed by atoms with Gasteiger partial charge in [-0.1, -0.05) is 12.1 Å². The highest BCUT2D eigenvalue weighted by Gasteiger charge is 2.67. The van der Waals surface area contributed by atoms with Gasteiger partial charge in [-0.05, 0) is 55.4 Å². The Bertz CT molecular complexity index is 945. The molecule has 2 spiro atoms. The van der Waals surface area contributed by atoms with Crippen molar-refractivity contribution in [3.05, 3.63) is 42.0 Å². The van der Waals surface area contributed by atoms with Crippen LogP contribution in [-0.2, 0) is 21.5 Å². The molecular weight excluding hydrogens is 425 g/mol. The maximum atomic E-state index is 14.2. The molecule has 1 saturated carbocycles. The number of carbonyl (C=O) groups excluding carboxylic acids is 2. The summed E-state index contributed by atoms with van der Waals surface area (Å²) in [4.78, 5) is 27.0. The van der Waals surface area contributed by atoms with Crippen LogP contribution in [0.2, 0.25) is 0 Å². The standard InChI is InChI=1S/C23H27F3N2O4/c1-4-5-18(24)23(25,26)32-16-7-6-14-13-21(10-8-15(31-3)9-11-21)22(17(14)12-16)19(29)28(2)20(30)27-22/h4,6-7,12,15,18H,1,5,8-11,13H2,2-3H3,(H,27,30). The van der Waals surface area contributed by atoms with Gasteiger partial charge in [0.1, 0.15) is 5.75 Å². The second-order valence-electron chi connectivity index (χ2n) is 8.91. The number of imide groups is 1. The van der Waals surface area contributed by atoms with Gasteiger partial charge in [0, 0.05) is 26.0 Å². The zero-order valence-electron chi connectivity index (χ0n) is 18.1. The molecule has 3 aliphatic rings. The van der Waals surface area contributed by atoms with Crippen molar-refractivity contribution in [2.75, 3.05) is 14.2 Å². The summed E-state index contributed by atoms with van der Waals surface area (Å²) in [6.07, 6.45) is -2.88. The minimum Gasteiger partial charge on any atom is -0.430 e. The smallest absolute Gasteiger partial charge is 0.430 e. The molecule has 0 radical (unpaired) electrons. The fourth-order valence-corrected chi connectivity index (χ4v) is 5.52. The van der Waals surface area contributed by atoms with E-state index in [0.717, 1.165) is 16.5 Å². The Kier molecular flexibility index (Phi) is 5.51. The van der Waals surface area contributed by atoms with Crippen LogP contribution in [0, 0.1) is 5.41 Å². The van der Waals surface area contributed by atoms with Crippen molar-refractivity contribution in [1.29, 1.82) is 0 Å². The summed E-state index contributed by atoms with van der Waals surface area (Å²) >= 11 is 0. The fraction of sp³-hybridized carbons (Fsp3) is 0.565. The Balaban J connectivity index is 1.75. The van der Waals surface area contributed by atoms with Gasteiger partial charge in [0.2, 0.25) is 6.17 Å². The van der Waals surface area contributed by atoms with E-state index in [1.165, 1.54) is 19.2 Å². The summed E-state index contributed by atoms with van der Waals surface area (Å²) in [7, 11) is 3.04. The van der Waals surface area contributed by atoms with Gasteiger partial charge in [-0.3, -0.25) is 9.69 Å². The topological polar surface area (TPSA) is 67.9 Å². The number of allylic oxidation sites excluding steroid dienone is 1. The third-order valence-electron chi connectivity index (χ3n) is 7.25. The molecule has 1 N–H and O–H groups in total. The number of ether oxygens (including phenoxy) is 2. The zero-order chi connectivity index (χ0) is 23.3. The zero-order valence-corrected chi connectivity index (χ0v) is 18.1. The molecule has 1 aliphatic heterocycles. The Hall–Kier alpha value is -2.55. The number of rotatable bonds is 6. The van der Waals surface area contributed by atoms with Crippen LogP contribution >= 0.6 is 0 Å². The molecule has 2 fully saturated rings. The van der Waals surface area contributed by atoms with Crippen molar-refractivity contribution in [3.8, 4) is 5.75 Å². The van der Waals surface area contributed by atoms with E-state index < -0.39 is 41.6 Å². The number of carbonyl (C=O) groups is 2.